The van der Waals surface area contributed by atoms with E-state index >= 15 is 0 Å². The molecule has 138 heavy (non-hydrogen) atoms. The molecule has 0 spiro atoms. The number of nitrogens with one attached hydrogen (secondary N) is 6. The van der Waals surface area contributed by atoms with Crippen molar-refractivity contribution < 1.29 is 153 Å². The number of esters is 4. The number of carboxylic acid groups (broad SMARTS) is 4. The summed E-state index contributed by atoms with van der Waals surface area (Å²) in [5.74, 6) is -0.102. The maximum absolute atomic E-state index is 10.6. The minimum Gasteiger partial charge on any atom is -0.481 e. The number of hydrogen-bond acceptors (Lipinski definition) is 43. The first-order chi connectivity index (χ1) is 66.1. The van der Waals surface area contributed by atoms with Crippen LogP contribution in [-0.4, -0.2) is 311 Å². The highest BCUT2D eigenvalue weighted by molar-refractivity contribution is 5.77. The lowest BCUT2D eigenvalue weighted by atomic mass is 10.1. The molecule has 6 aromatic heterocycles. The molecule has 15 N–H and O–H groups in total. The number of aryl methyl sites for hydroxylation is 5. The second-order valence-electron chi connectivity index (χ2n) is 30.1. The summed E-state index contributed by atoms with van der Waals surface area (Å²) in [7, 11) is 0. The van der Waals surface area contributed by atoms with Gasteiger partial charge in [0.2, 0.25) is 0 Å². The number of tetrazole rings is 5. The molecule has 6 aromatic rings. The Labute approximate surface area is 813 Å². The number of rotatable bonds is 28. The molecule has 13 unspecified atom stereocenters. The first-order valence-corrected chi connectivity index (χ1v) is 44.9. The summed E-state index contributed by atoms with van der Waals surface area (Å²) in [6.45, 7) is 45.6. The van der Waals surface area contributed by atoms with Gasteiger partial charge in [0, 0.05) is 83.4 Å². The van der Waals surface area contributed by atoms with Crippen molar-refractivity contribution >= 4 is 70.9 Å². The Bertz CT molecular complexity index is 3780. The molecule has 53 nitrogen and oxygen atoms in total. The van der Waals surface area contributed by atoms with Gasteiger partial charge in [-0.05, 0) is 169 Å². The summed E-state index contributed by atoms with van der Waals surface area (Å²) in [5.41, 5.74) is 0. The Morgan fingerprint density at radius 1 is 0.391 bits per heavy atom. The van der Waals surface area contributed by atoms with E-state index in [9.17, 15) is 62.3 Å². The third-order valence-corrected chi connectivity index (χ3v) is 14.4. The molecule has 0 saturated carbocycles. The molecule has 0 aromatic carbocycles. The maximum atomic E-state index is 10.6. The number of H-pyrrole nitrogens is 6. The molecule has 0 bridgehead atoms. The lowest BCUT2D eigenvalue weighted by Gasteiger charge is -2.24. The molecule has 4 aliphatic heterocycles. The molecular weight excluding hydrogens is 1830 g/mol. The Morgan fingerprint density at radius 3 is 0.833 bits per heavy atom. The van der Waals surface area contributed by atoms with Gasteiger partial charge >= 0.3 is 53.5 Å². The zero-order valence-corrected chi connectivity index (χ0v) is 84.8. The average molecular weight is 1990 g/mol. The van der Waals surface area contributed by atoms with Crippen LogP contribution in [0.5, 0.6) is 0 Å². The third kappa shape index (κ3) is 115. The van der Waals surface area contributed by atoms with Crippen molar-refractivity contribution in [2.24, 2.45) is 0 Å². The van der Waals surface area contributed by atoms with Gasteiger partial charge in [0.05, 0.1) is 93.5 Å². The number of ketones is 4. The Hall–Kier alpha value is -11.6. The molecule has 4 saturated heterocycles. The smallest absolute Gasteiger partial charge is 0.438 e. The van der Waals surface area contributed by atoms with Gasteiger partial charge in [-0.1, -0.05) is 100 Å². The predicted octanol–water partition coefficient (Wildman–Crippen LogP) is 8.07. The zero-order chi connectivity index (χ0) is 111. The summed E-state index contributed by atoms with van der Waals surface area (Å²) >= 11 is 0. The fraction of sp³-hybridized carbons (Fsp3) is 0.776. The van der Waals surface area contributed by atoms with E-state index in [0.29, 0.717) is 43.8 Å². The second kappa shape index (κ2) is 95.7. The van der Waals surface area contributed by atoms with E-state index in [1.54, 1.807) is 48.5 Å². The topological polar surface area (TPSA) is 792 Å². The van der Waals surface area contributed by atoms with Crippen LogP contribution in [0.4, 0.5) is 0 Å². The predicted molar refractivity (Wildman–Crippen MR) is 497 cm³/mol. The number of aliphatic hydroxyl groups is 5. The van der Waals surface area contributed by atoms with Crippen LogP contribution in [0.3, 0.4) is 0 Å². The molecule has 10 heterocycles. The van der Waals surface area contributed by atoms with E-state index < -0.39 is 72.9 Å². The lowest BCUT2D eigenvalue weighted by Crippen LogP contribution is -2.31. The van der Waals surface area contributed by atoms with Crippen LogP contribution in [0.2, 0.25) is 0 Å². The van der Waals surface area contributed by atoms with Gasteiger partial charge in [-0.15, -0.1) is 51.0 Å². The monoisotopic (exact) mass is 1990 g/mol. The van der Waals surface area contributed by atoms with Crippen molar-refractivity contribution in [2.45, 2.75) is 427 Å². The number of aromatic amines is 6. The molecule has 0 amide bonds. The standard InChI is InChI=1S/3C6H10O3.C5H10N4.C5H8N2O2.C5H8O3.3C5H10O2.C5H10O.4C4H8N4.2C4H8O3.2C4H8O2.H2/c3*1-4-3-6(7)9-5(2)8-4;1-3-4(2)5-6-8-9-7-5;1-2-3-4-6-5(8)9-7-4;1-4-2-5(6)8-3-7-4;3*1-4(6)3-5(2)7;1-3-4-5(2)6;4*1-2-3-4-5-7-8-6-4;2*1-3(5)2-4(6)7;2*1-2-3-4(5)6;/h3*4-5H,3H2,1-2H3;4H,3H2,1-2H3,(H,6,7,8,9);2-3H2,1H3,(H,6,7,8);4H,2-3H2,1H3;3*4,6H,3H2,1-2H3;3-4H2,1-2H3;4*2-3H2,1H3,(H,5,6,7,8);2*3,5H,2H2,1H3,(H,6,7);2*2-3H2,1H3,(H,5,6);1H/i;;;;;;;;;;;;;;;;2D2,3D2;;. The van der Waals surface area contributed by atoms with Crippen LogP contribution < -0.4 is 5.76 Å². The number of Topliss-reactive ketones (excluding diaryl/α,β-unsaturated/α-hetero) is 4. The quantitative estimate of drug-likeness (QED) is 0.0163. The molecule has 4 fully saturated rings. The summed E-state index contributed by atoms with van der Waals surface area (Å²) < 4.78 is 70.1. The van der Waals surface area contributed by atoms with Crippen LogP contribution in [0.25, 0.3) is 0 Å². The Morgan fingerprint density at radius 2 is 0.696 bits per heavy atom. The number of cyclic esters (lactones) is 4. The van der Waals surface area contributed by atoms with Gasteiger partial charge in [-0.25, -0.2) is 4.79 Å². The van der Waals surface area contributed by atoms with Gasteiger partial charge < -0.3 is 88.6 Å². The van der Waals surface area contributed by atoms with E-state index in [2.05, 4.69) is 164 Å². The molecule has 0 aliphatic carbocycles. The SMILES string of the molecule is CC(=O)CC(C)O.CC(=O)CC(C)O.CC(=O)CC(C)O.CC(O)CC(=O)O.CC(O)CC(=O)O.CC1CC(=O)OC(C)O1.CC1CC(=O)OC(C)O1.CC1CC(=O)OC(C)O1.CC1CC(=O)OCO1.CCC(C)c1nn[nH]n1.CCCC(=O)O.CCCC(C)=O.CCCc1nn[nH]n1.CCCc1nn[nH]n1.CCCc1nn[nH]n1.CCCc1nn[nH]n1.CCCc1noc(=O)[nH]1.[2H]C([2H])(C)C([2H])([2H])C(=O)O.[HH]. The van der Waals surface area contributed by atoms with Crippen molar-refractivity contribution in [1.29, 1.82) is 0 Å². The van der Waals surface area contributed by atoms with Gasteiger partial charge in [-0.2, -0.15) is 26.1 Å². The molecule has 10 rings (SSSR count). The highest BCUT2D eigenvalue weighted by atomic mass is 16.7. The highest BCUT2D eigenvalue weighted by Crippen LogP contribution is 2.15. The van der Waals surface area contributed by atoms with Crippen molar-refractivity contribution in [3.63, 3.8) is 0 Å². The number of carboxylic acids is 4. The number of aliphatic carboxylic acids is 4. The third-order valence-electron chi connectivity index (χ3n) is 14.4. The molecule has 13 atom stereocenters. The van der Waals surface area contributed by atoms with Gasteiger partial charge in [-0.3, -0.25) is 62.2 Å². The minimum absolute atomic E-state index is 0. The zero-order valence-electron chi connectivity index (χ0n) is 88.8. The van der Waals surface area contributed by atoms with Gasteiger partial charge in [0.25, 0.3) is 0 Å². The normalized spacial score (nSPS) is 17.7. The van der Waals surface area contributed by atoms with Crippen LogP contribution in [0.15, 0.2) is 9.32 Å². The van der Waals surface area contributed by atoms with Crippen molar-refractivity contribution in [3.8, 4) is 0 Å². The van der Waals surface area contributed by atoms with Gasteiger partial charge in [0.15, 0.2) is 60.6 Å². The number of aliphatic hydroxyl groups excluding tert-OH is 5. The van der Waals surface area contributed by atoms with Crippen LogP contribution >= 0.6 is 0 Å². The summed E-state index contributed by atoms with van der Waals surface area (Å²) in [6.07, 6.45) is 6.45. The minimum atomic E-state index is -2.81. The summed E-state index contributed by atoms with van der Waals surface area (Å²) in [4.78, 5) is 134. The second-order valence-corrected chi connectivity index (χ2v) is 30.1. The molecule has 4 aliphatic rings. The number of hydrogen-bond donors (Lipinski definition) is 15. The van der Waals surface area contributed by atoms with Crippen LogP contribution in [0, 0.1) is 0 Å². The first kappa shape index (κ1) is 133. The first-order valence-electron chi connectivity index (χ1n) is 46.9. The lowest BCUT2D eigenvalue weighted by molar-refractivity contribution is -0.207. The fourth-order valence-electron chi connectivity index (χ4n) is 8.82. The Kier molecular flexibility index (Phi) is 92.0. The van der Waals surface area contributed by atoms with Crippen molar-refractivity contribution in [1.82, 2.24) is 113 Å². The van der Waals surface area contributed by atoms with E-state index in [4.69, 9.17) is 84.6 Å². The maximum Gasteiger partial charge on any atom is 0.438 e. The van der Waals surface area contributed by atoms with E-state index in [1.165, 1.54) is 34.6 Å². The Balaban J connectivity index is -0.000000190. The van der Waals surface area contributed by atoms with Crippen molar-refractivity contribution in [2.75, 3.05) is 6.79 Å². The van der Waals surface area contributed by atoms with E-state index in [-0.39, 0.29) is 131 Å². The molecule has 0 radical (unpaired) electrons. The number of nitrogens with zero attached hydrogens (tertiary/aromatic N) is 16. The molecule has 798 valence electrons. The van der Waals surface area contributed by atoms with Gasteiger partial charge in [0.1, 0.15) is 23.1 Å². The molecule has 53 heteroatoms. The summed E-state index contributed by atoms with van der Waals surface area (Å²) in [5, 5.41) is 144. The van der Waals surface area contributed by atoms with Crippen molar-refractivity contribution in [3.05, 3.63) is 45.5 Å². The largest absolute Gasteiger partial charge is 0.481 e. The number of ether oxygens (including phenoxy) is 8. The van der Waals surface area contributed by atoms with Crippen LogP contribution in [-0.2, 0) is 128 Å². The molecular formula is C85H162N22O31. The van der Waals surface area contributed by atoms with E-state index in [0.717, 1.165) is 126 Å². The van der Waals surface area contributed by atoms with Crippen LogP contribution in [0.1, 0.15) is 363 Å². The number of carbonyl (C=O) groups is 12. The number of aromatic nitrogens is 22. The van der Waals surface area contributed by atoms with E-state index in [1.807, 2.05) is 48.5 Å². The fourth-order valence-corrected chi connectivity index (χ4v) is 8.82. The average Bonchev–Trinajstić information content (AvgIpc) is 1.23. The summed E-state index contributed by atoms with van der Waals surface area (Å²) in [6, 6.07) is 0. The number of carbonyl (C=O) groups excluding carboxylic acids is 8. The highest BCUT2D eigenvalue weighted by Gasteiger charge is 2.25.